The van der Waals surface area contributed by atoms with Crippen molar-refractivity contribution in [2.75, 3.05) is 18.4 Å². The van der Waals surface area contributed by atoms with Crippen LogP contribution in [0.2, 0.25) is 0 Å². The Balaban J connectivity index is 1.62. The second-order valence-corrected chi connectivity index (χ2v) is 8.75. The topological polar surface area (TPSA) is 127 Å². The molecule has 0 radical (unpaired) electrons. The zero-order chi connectivity index (χ0) is 20.3. The summed E-state index contributed by atoms with van der Waals surface area (Å²) in [5, 5.41) is 17.0. The van der Waals surface area contributed by atoms with Gasteiger partial charge in [0.05, 0.1) is 9.82 Å². The van der Waals surface area contributed by atoms with Gasteiger partial charge in [-0.05, 0) is 43.0 Å². The average Bonchev–Trinajstić information content (AvgIpc) is 3.11. The molecule has 1 saturated heterocycles. The number of hydrogen-bond donors (Lipinski definition) is 1. The summed E-state index contributed by atoms with van der Waals surface area (Å²) in [7, 11) is -3.54. The molecule has 11 heteroatoms. The predicted molar refractivity (Wildman–Crippen MR) is 101 cm³/mol. The van der Waals surface area contributed by atoms with Crippen molar-refractivity contribution in [2.24, 2.45) is 5.92 Å². The molecule has 0 bridgehead atoms. The lowest BCUT2D eigenvalue weighted by atomic mass is 10.0. The van der Waals surface area contributed by atoms with Gasteiger partial charge in [-0.1, -0.05) is 6.92 Å². The number of anilines is 1. The number of carbonyl (C=O) groups is 1. The molecular weight excluding hydrogens is 386 g/mol. The summed E-state index contributed by atoms with van der Waals surface area (Å²) in [6.45, 7) is 2.94. The number of piperidine rings is 1. The lowest BCUT2D eigenvalue weighted by Crippen LogP contribution is -2.37. The Hall–Kier alpha value is -2.79. The van der Waals surface area contributed by atoms with E-state index >= 15 is 0 Å². The Morgan fingerprint density at radius 3 is 2.50 bits per heavy atom. The molecule has 150 valence electrons. The fourth-order valence-corrected chi connectivity index (χ4v) is 4.44. The van der Waals surface area contributed by atoms with Gasteiger partial charge >= 0.3 is 5.69 Å². The minimum Gasteiger partial charge on any atom is -0.324 e. The number of amides is 1. The van der Waals surface area contributed by atoms with Crippen molar-refractivity contribution in [2.45, 2.75) is 31.2 Å². The van der Waals surface area contributed by atoms with Gasteiger partial charge in [-0.2, -0.15) is 9.40 Å². The van der Waals surface area contributed by atoms with Gasteiger partial charge in [0.1, 0.15) is 18.9 Å². The maximum Gasteiger partial charge on any atom is 0.307 e. The summed E-state index contributed by atoms with van der Waals surface area (Å²) in [4.78, 5) is 22.3. The molecule has 1 aromatic carbocycles. The molecule has 2 heterocycles. The summed E-state index contributed by atoms with van der Waals surface area (Å²) >= 11 is 0. The van der Waals surface area contributed by atoms with Crippen molar-refractivity contribution in [3.63, 3.8) is 0 Å². The monoisotopic (exact) mass is 407 g/mol. The summed E-state index contributed by atoms with van der Waals surface area (Å²) in [5.74, 6) is 0.0962. The Bertz CT molecular complexity index is 962. The molecule has 1 N–H and O–H groups in total. The SMILES string of the molecule is CC1CCN(S(=O)(=O)c2ccc(NC(=O)Cn3cc([N+](=O)[O-])cn3)cc2)CC1. The third-order valence-corrected chi connectivity index (χ3v) is 6.57. The van der Waals surface area contributed by atoms with Crippen molar-refractivity contribution in [3.05, 3.63) is 46.8 Å². The number of hydrogen-bond acceptors (Lipinski definition) is 6. The van der Waals surface area contributed by atoms with Gasteiger partial charge in [0, 0.05) is 18.8 Å². The highest BCUT2D eigenvalue weighted by molar-refractivity contribution is 7.89. The molecule has 0 unspecified atom stereocenters. The molecule has 10 nitrogen and oxygen atoms in total. The smallest absolute Gasteiger partial charge is 0.307 e. The van der Waals surface area contributed by atoms with Crippen LogP contribution in [0.5, 0.6) is 0 Å². The fourth-order valence-electron chi connectivity index (χ4n) is 2.97. The van der Waals surface area contributed by atoms with E-state index in [1.165, 1.54) is 28.6 Å². The third kappa shape index (κ3) is 4.54. The molecule has 1 aliphatic heterocycles. The molecular formula is C17H21N5O5S. The normalized spacial score (nSPS) is 16.0. The van der Waals surface area contributed by atoms with Crippen LogP contribution < -0.4 is 5.32 Å². The first-order chi connectivity index (χ1) is 13.3. The van der Waals surface area contributed by atoms with E-state index in [2.05, 4.69) is 17.3 Å². The first-order valence-corrected chi connectivity index (χ1v) is 10.3. The van der Waals surface area contributed by atoms with Crippen molar-refractivity contribution in [1.29, 1.82) is 0 Å². The van der Waals surface area contributed by atoms with Crippen LogP contribution in [0.3, 0.4) is 0 Å². The molecule has 0 atom stereocenters. The van der Waals surface area contributed by atoms with Crippen LogP contribution in [-0.2, 0) is 21.4 Å². The molecule has 1 fully saturated rings. The maximum atomic E-state index is 12.7. The standard InChI is InChI=1S/C17H21N5O5S/c1-13-6-8-21(9-7-13)28(26,27)16-4-2-14(3-5-16)19-17(23)12-20-11-15(10-18-20)22(24)25/h2-5,10-11,13H,6-9,12H2,1H3,(H,19,23). The van der Waals surface area contributed by atoms with E-state index in [0.717, 1.165) is 29.9 Å². The lowest BCUT2D eigenvalue weighted by molar-refractivity contribution is -0.385. The van der Waals surface area contributed by atoms with Crippen molar-refractivity contribution in [3.8, 4) is 0 Å². The largest absolute Gasteiger partial charge is 0.324 e. The zero-order valence-electron chi connectivity index (χ0n) is 15.3. The number of nitrogens with one attached hydrogen (secondary N) is 1. The van der Waals surface area contributed by atoms with E-state index in [4.69, 9.17) is 0 Å². The quantitative estimate of drug-likeness (QED) is 0.575. The lowest BCUT2D eigenvalue weighted by Gasteiger charge is -2.29. The highest BCUT2D eigenvalue weighted by Crippen LogP contribution is 2.24. The highest BCUT2D eigenvalue weighted by atomic mass is 32.2. The molecule has 0 spiro atoms. The van der Waals surface area contributed by atoms with Gasteiger partial charge in [-0.3, -0.25) is 19.6 Å². The molecule has 1 amide bonds. The molecule has 3 rings (SSSR count). The van der Waals surface area contributed by atoms with Crippen LogP contribution in [0.15, 0.2) is 41.6 Å². The number of nitro groups is 1. The van der Waals surface area contributed by atoms with E-state index in [1.54, 1.807) is 0 Å². The third-order valence-electron chi connectivity index (χ3n) is 4.65. The summed E-state index contributed by atoms with van der Waals surface area (Å²) in [6, 6.07) is 5.95. The van der Waals surface area contributed by atoms with Crippen LogP contribution in [-0.4, -0.2) is 46.4 Å². The first-order valence-electron chi connectivity index (χ1n) is 8.82. The van der Waals surface area contributed by atoms with Gasteiger partial charge in [0.15, 0.2) is 0 Å². The molecule has 28 heavy (non-hydrogen) atoms. The van der Waals surface area contributed by atoms with Gasteiger partial charge in [-0.25, -0.2) is 8.42 Å². The minimum absolute atomic E-state index is 0.183. The Labute approximate surface area is 162 Å². The average molecular weight is 407 g/mol. The van der Waals surface area contributed by atoms with Crippen molar-refractivity contribution in [1.82, 2.24) is 14.1 Å². The Morgan fingerprint density at radius 2 is 1.93 bits per heavy atom. The predicted octanol–water partition coefficient (Wildman–Crippen LogP) is 1.85. The fraction of sp³-hybridized carbons (Fsp3) is 0.412. The van der Waals surface area contributed by atoms with Gasteiger partial charge < -0.3 is 5.32 Å². The molecule has 1 aliphatic rings. The van der Waals surface area contributed by atoms with E-state index < -0.39 is 20.9 Å². The summed E-state index contributed by atoms with van der Waals surface area (Å²) in [5.41, 5.74) is 0.229. The van der Waals surface area contributed by atoms with Crippen LogP contribution in [0.4, 0.5) is 11.4 Å². The number of benzene rings is 1. The minimum atomic E-state index is -3.54. The van der Waals surface area contributed by atoms with Gasteiger partial charge in [0.25, 0.3) is 0 Å². The zero-order valence-corrected chi connectivity index (χ0v) is 16.1. The van der Waals surface area contributed by atoms with Gasteiger partial charge in [0.2, 0.25) is 15.9 Å². The first kappa shape index (κ1) is 20.0. The van der Waals surface area contributed by atoms with Crippen LogP contribution in [0, 0.1) is 16.0 Å². The maximum absolute atomic E-state index is 12.7. The van der Waals surface area contributed by atoms with E-state index in [0.29, 0.717) is 24.7 Å². The highest BCUT2D eigenvalue weighted by Gasteiger charge is 2.27. The number of aromatic nitrogens is 2. The van der Waals surface area contributed by atoms with Crippen molar-refractivity contribution < 1.29 is 18.1 Å². The van der Waals surface area contributed by atoms with E-state index in [-0.39, 0.29) is 17.1 Å². The van der Waals surface area contributed by atoms with Crippen LogP contribution in [0.25, 0.3) is 0 Å². The summed E-state index contributed by atoms with van der Waals surface area (Å²) in [6.07, 6.45) is 3.92. The van der Waals surface area contributed by atoms with E-state index in [9.17, 15) is 23.3 Å². The number of rotatable bonds is 6. The second-order valence-electron chi connectivity index (χ2n) is 6.81. The van der Waals surface area contributed by atoms with Crippen LogP contribution in [0.1, 0.15) is 19.8 Å². The molecule has 2 aromatic rings. The molecule has 0 saturated carbocycles. The second kappa shape index (κ2) is 8.07. The molecule has 1 aromatic heterocycles. The number of carbonyl (C=O) groups excluding carboxylic acids is 1. The van der Waals surface area contributed by atoms with Crippen molar-refractivity contribution >= 4 is 27.3 Å². The number of nitrogens with zero attached hydrogens (tertiary/aromatic N) is 4. The Morgan fingerprint density at radius 1 is 1.29 bits per heavy atom. The Kier molecular flexibility index (Phi) is 5.75. The van der Waals surface area contributed by atoms with Gasteiger partial charge in [-0.15, -0.1) is 0 Å². The number of sulfonamides is 1. The molecule has 0 aliphatic carbocycles. The van der Waals surface area contributed by atoms with Crippen LogP contribution >= 0.6 is 0 Å². The summed E-state index contributed by atoms with van der Waals surface area (Å²) < 4.78 is 28.0. The van der Waals surface area contributed by atoms with E-state index in [1.807, 2.05) is 0 Å².